The number of carboxylic acids is 1. The number of halogens is 1. The fourth-order valence-electron chi connectivity index (χ4n) is 3.06. The number of esters is 1. The number of thioether (sulfide) groups is 1. The van der Waals surface area contributed by atoms with Gasteiger partial charge in [0.05, 0.1) is 11.4 Å². The van der Waals surface area contributed by atoms with Gasteiger partial charge >= 0.3 is 11.9 Å². The Morgan fingerprint density at radius 1 is 1.46 bits per heavy atom. The SMILES string of the molecule is N=C(N)c1ccc(OC(=O)C2=CC3CCN(CC(=O)O)CC3S2)c(F)c1. The molecule has 0 spiro atoms. The molecule has 9 heteroatoms. The van der Waals surface area contributed by atoms with E-state index in [9.17, 15) is 14.0 Å². The van der Waals surface area contributed by atoms with Crippen molar-refractivity contribution in [3.63, 3.8) is 0 Å². The highest BCUT2D eigenvalue weighted by Gasteiger charge is 2.37. The summed E-state index contributed by atoms with van der Waals surface area (Å²) in [4.78, 5) is 25.4. The predicted molar refractivity (Wildman–Crippen MR) is 94.7 cm³/mol. The molecular formula is C17H18FN3O4S. The van der Waals surface area contributed by atoms with Gasteiger partial charge in [-0.05, 0) is 37.1 Å². The Kier molecular flexibility index (Phi) is 5.28. The maximum absolute atomic E-state index is 14.0. The summed E-state index contributed by atoms with van der Waals surface area (Å²) in [5, 5.41) is 16.3. The Morgan fingerprint density at radius 3 is 2.88 bits per heavy atom. The number of carboxylic acid groups (broad SMARTS) is 1. The number of carbonyl (C=O) groups is 2. The molecule has 0 aliphatic carbocycles. The van der Waals surface area contributed by atoms with Crippen molar-refractivity contribution in [2.24, 2.45) is 11.7 Å². The fourth-order valence-corrected chi connectivity index (χ4v) is 4.46. The topological polar surface area (TPSA) is 117 Å². The van der Waals surface area contributed by atoms with Crippen molar-refractivity contribution >= 4 is 29.5 Å². The average Bonchev–Trinajstić information content (AvgIpc) is 2.99. The van der Waals surface area contributed by atoms with Gasteiger partial charge < -0.3 is 15.6 Å². The lowest BCUT2D eigenvalue weighted by atomic mass is 9.96. The molecule has 2 aliphatic rings. The molecule has 0 saturated carbocycles. The van der Waals surface area contributed by atoms with Gasteiger partial charge in [0.1, 0.15) is 5.84 Å². The van der Waals surface area contributed by atoms with Crippen LogP contribution in [-0.2, 0) is 9.59 Å². The first-order valence-corrected chi connectivity index (χ1v) is 8.90. The lowest BCUT2D eigenvalue weighted by molar-refractivity contribution is -0.138. The normalized spacial score (nSPS) is 22.4. The Hall–Kier alpha value is -2.39. The van der Waals surface area contributed by atoms with Crippen LogP contribution in [0, 0.1) is 17.1 Å². The van der Waals surface area contributed by atoms with Crippen LogP contribution in [0.1, 0.15) is 12.0 Å². The van der Waals surface area contributed by atoms with Crippen LogP contribution in [0.2, 0.25) is 0 Å². The summed E-state index contributed by atoms with van der Waals surface area (Å²) in [7, 11) is 0. The largest absolute Gasteiger partial charge is 0.480 e. The molecule has 1 aromatic rings. The number of nitrogen functional groups attached to an aromatic ring is 1. The zero-order valence-electron chi connectivity index (χ0n) is 13.8. The highest BCUT2D eigenvalue weighted by atomic mass is 32.2. The van der Waals surface area contributed by atoms with E-state index in [4.69, 9.17) is 21.0 Å². The first-order chi connectivity index (χ1) is 12.3. The number of nitrogens with zero attached hydrogens (tertiary/aromatic N) is 1. The van der Waals surface area contributed by atoms with Crippen molar-refractivity contribution in [2.75, 3.05) is 19.6 Å². The predicted octanol–water partition coefficient (Wildman–Crippen LogP) is 1.42. The minimum Gasteiger partial charge on any atom is -0.480 e. The van der Waals surface area contributed by atoms with Crippen LogP contribution in [0.25, 0.3) is 0 Å². The third-order valence-electron chi connectivity index (χ3n) is 4.34. The van der Waals surface area contributed by atoms with Crippen LogP contribution in [-0.4, -0.2) is 52.7 Å². The number of aliphatic carboxylic acids is 1. The standard InChI is InChI=1S/C17H18FN3O4S/c18-11-5-10(16(19)20)1-2-12(11)25-17(24)13-6-9-3-4-21(8-15(22)23)7-14(9)26-13/h1-2,5-6,9,14H,3-4,7-8H2,(H3,19,20)(H,22,23). The first-order valence-electron chi connectivity index (χ1n) is 8.02. The van der Waals surface area contributed by atoms with E-state index < -0.39 is 17.8 Å². The van der Waals surface area contributed by atoms with E-state index in [1.165, 1.54) is 23.9 Å². The second kappa shape index (κ2) is 7.46. The van der Waals surface area contributed by atoms with E-state index in [1.807, 2.05) is 11.0 Å². The number of nitrogens with one attached hydrogen (secondary N) is 1. The number of piperidine rings is 1. The molecule has 1 fully saturated rings. The number of nitrogens with two attached hydrogens (primary N) is 1. The molecule has 138 valence electrons. The van der Waals surface area contributed by atoms with Crippen LogP contribution in [0.3, 0.4) is 0 Å². The summed E-state index contributed by atoms with van der Waals surface area (Å²) in [6.45, 7) is 1.22. The Morgan fingerprint density at radius 2 is 2.23 bits per heavy atom. The first kappa shape index (κ1) is 18.4. The van der Waals surface area contributed by atoms with E-state index in [2.05, 4.69) is 0 Å². The Labute approximate surface area is 153 Å². The lowest BCUT2D eigenvalue weighted by Gasteiger charge is -2.33. The number of fused-ring (bicyclic) bond motifs is 1. The summed E-state index contributed by atoms with van der Waals surface area (Å²) < 4.78 is 19.1. The fraction of sp³-hybridized carbons (Fsp3) is 0.353. The molecule has 2 aliphatic heterocycles. The van der Waals surface area contributed by atoms with E-state index in [0.717, 1.165) is 12.5 Å². The van der Waals surface area contributed by atoms with Gasteiger partial charge in [-0.25, -0.2) is 9.18 Å². The molecule has 0 amide bonds. The number of allylic oxidation sites excluding steroid dienone is 1. The van der Waals surface area contributed by atoms with Gasteiger partial charge in [-0.15, -0.1) is 11.8 Å². The van der Waals surface area contributed by atoms with E-state index in [-0.39, 0.29) is 34.9 Å². The highest BCUT2D eigenvalue weighted by Crippen LogP contribution is 2.41. The molecule has 0 bridgehead atoms. The van der Waals surface area contributed by atoms with Gasteiger partial charge in [0.2, 0.25) is 0 Å². The molecule has 1 aromatic carbocycles. The molecule has 3 rings (SSSR count). The van der Waals surface area contributed by atoms with Crippen LogP contribution in [0.4, 0.5) is 4.39 Å². The van der Waals surface area contributed by atoms with Crippen molar-refractivity contribution in [1.82, 2.24) is 4.90 Å². The molecule has 2 heterocycles. The van der Waals surface area contributed by atoms with Crippen LogP contribution in [0.5, 0.6) is 5.75 Å². The molecule has 0 radical (unpaired) electrons. The zero-order valence-corrected chi connectivity index (χ0v) is 14.6. The molecule has 2 unspecified atom stereocenters. The Bertz CT molecular complexity index is 798. The minimum atomic E-state index is -0.872. The molecule has 26 heavy (non-hydrogen) atoms. The number of hydrogen-bond donors (Lipinski definition) is 3. The minimum absolute atomic E-state index is 0.0166. The third kappa shape index (κ3) is 4.05. The van der Waals surface area contributed by atoms with Crippen molar-refractivity contribution in [1.29, 1.82) is 5.41 Å². The van der Waals surface area contributed by atoms with Crippen molar-refractivity contribution in [3.8, 4) is 5.75 Å². The maximum atomic E-state index is 14.0. The van der Waals surface area contributed by atoms with Gasteiger partial charge in [-0.2, -0.15) is 0 Å². The van der Waals surface area contributed by atoms with Crippen LogP contribution in [0.15, 0.2) is 29.2 Å². The third-order valence-corrected chi connectivity index (χ3v) is 5.70. The smallest absolute Gasteiger partial charge is 0.349 e. The van der Waals surface area contributed by atoms with Gasteiger partial charge in [0.25, 0.3) is 0 Å². The summed E-state index contributed by atoms with van der Waals surface area (Å²) in [6.07, 6.45) is 2.60. The van der Waals surface area contributed by atoms with Gasteiger partial charge in [0.15, 0.2) is 11.6 Å². The quantitative estimate of drug-likeness (QED) is 0.307. The van der Waals surface area contributed by atoms with Crippen molar-refractivity contribution in [2.45, 2.75) is 11.7 Å². The lowest BCUT2D eigenvalue weighted by Crippen LogP contribution is -2.42. The van der Waals surface area contributed by atoms with Crippen molar-refractivity contribution in [3.05, 3.63) is 40.6 Å². The summed E-state index contributed by atoms with van der Waals surface area (Å²) in [6, 6.07) is 3.73. The summed E-state index contributed by atoms with van der Waals surface area (Å²) in [5.74, 6) is -2.58. The second-order valence-corrected chi connectivity index (χ2v) is 7.50. The van der Waals surface area contributed by atoms with Crippen molar-refractivity contribution < 1.29 is 23.8 Å². The van der Waals surface area contributed by atoms with Crippen LogP contribution >= 0.6 is 11.8 Å². The van der Waals surface area contributed by atoms with E-state index >= 15 is 0 Å². The number of benzene rings is 1. The van der Waals surface area contributed by atoms with Gasteiger partial charge in [0, 0.05) is 17.4 Å². The molecular weight excluding hydrogens is 361 g/mol. The number of carbonyl (C=O) groups excluding carboxylic acids is 1. The van der Waals surface area contributed by atoms with Gasteiger partial charge in [-0.1, -0.05) is 6.08 Å². The molecule has 7 nitrogen and oxygen atoms in total. The maximum Gasteiger partial charge on any atom is 0.349 e. The molecule has 2 atom stereocenters. The van der Waals surface area contributed by atoms with Crippen LogP contribution < -0.4 is 10.5 Å². The summed E-state index contributed by atoms with van der Waals surface area (Å²) in [5.41, 5.74) is 5.51. The monoisotopic (exact) mass is 379 g/mol. The van der Waals surface area contributed by atoms with E-state index in [0.29, 0.717) is 18.0 Å². The molecule has 4 N–H and O–H groups in total. The number of amidine groups is 1. The summed E-state index contributed by atoms with van der Waals surface area (Å²) >= 11 is 1.34. The van der Waals surface area contributed by atoms with E-state index in [1.54, 1.807) is 0 Å². The number of rotatable bonds is 5. The number of ether oxygens (including phenoxy) is 1. The molecule has 1 saturated heterocycles. The number of hydrogen-bond acceptors (Lipinski definition) is 6. The zero-order chi connectivity index (χ0) is 18.8. The Balaban J connectivity index is 1.63. The van der Waals surface area contributed by atoms with Gasteiger partial charge in [-0.3, -0.25) is 15.1 Å². The number of likely N-dealkylation sites (tertiary alicyclic amines) is 1. The second-order valence-electron chi connectivity index (χ2n) is 6.22. The average molecular weight is 379 g/mol. The molecule has 0 aromatic heterocycles. The highest BCUT2D eigenvalue weighted by molar-refractivity contribution is 8.04.